The lowest BCUT2D eigenvalue weighted by Crippen LogP contribution is -2.16. The van der Waals surface area contributed by atoms with Gasteiger partial charge >= 0.3 is 0 Å². The van der Waals surface area contributed by atoms with Crippen LogP contribution in [0.15, 0.2) is 194 Å². The Labute approximate surface area is 370 Å². The molecule has 0 saturated carbocycles. The Kier molecular flexibility index (Phi) is 8.53. The Balaban J connectivity index is 0.890. The summed E-state index contributed by atoms with van der Waals surface area (Å²) in [5.41, 5.74) is 18.6. The molecule has 0 saturated heterocycles. The van der Waals surface area contributed by atoms with E-state index in [1.165, 1.54) is 71.6 Å². The monoisotopic (exact) mass is 826 g/mol. The number of benzene rings is 9. The van der Waals surface area contributed by atoms with Crippen LogP contribution in [0.25, 0.3) is 111 Å². The zero-order chi connectivity index (χ0) is 42.2. The van der Waals surface area contributed by atoms with Crippen LogP contribution in [0, 0.1) is 0 Å². The number of H-pyrrole nitrogens is 1. The third kappa shape index (κ3) is 6.09. The summed E-state index contributed by atoms with van der Waals surface area (Å²) in [4.78, 5) is 17.7. The minimum Gasteiger partial charge on any atom is -0.354 e. The van der Waals surface area contributed by atoms with Crippen molar-refractivity contribution in [1.29, 1.82) is 0 Å². The van der Waals surface area contributed by atoms with Crippen LogP contribution >= 0.6 is 11.6 Å². The van der Waals surface area contributed by atoms with Gasteiger partial charge in [0.1, 0.15) is 0 Å². The molecule has 0 atom stereocenters. The van der Waals surface area contributed by atoms with E-state index in [0.29, 0.717) is 11.6 Å². The van der Waals surface area contributed by atoms with Crippen molar-refractivity contribution in [3.05, 3.63) is 211 Å². The molecular weight excluding hydrogens is 788 g/mol. The summed E-state index contributed by atoms with van der Waals surface area (Å²) in [5.74, 6) is 1.07. The van der Waals surface area contributed by atoms with E-state index in [2.05, 4.69) is 193 Å². The molecular formula is C58H39ClN4. The van der Waals surface area contributed by atoms with Gasteiger partial charge < -0.3 is 4.98 Å². The van der Waals surface area contributed by atoms with E-state index in [-0.39, 0.29) is 10.7 Å². The summed E-state index contributed by atoms with van der Waals surface area (Å²) in [6.45, 7) is 4.75. The highest BCUT2D eigenvalue weighted by Gasteiger charge is 2.39. The van der Waals surface area contributed by atoms with Gasteiger partial charge in [-0.3, -0.25) is 0 Å². The van der Waals surface area contributed by atoms with Gasteiger partial charge in [-0.25, -0.2) is 4.98 Å². The fraction of sp³-hybridized carbons (Fsp3) is 0.0517. The first kappa shape index (κ1) is 37.1. The molecule has 0 aliphatic heterocycles. The number of fused-ring (bicyclic) bond motifs is 8. The van der Waals surface area contributed by atoms with Crippen LogP contribution in [-0.4, -0.2) is 19.9 Å². The number of nitrogens with one attached hydrogen (secondary N) is 1. The highest BCUT2D eigenvalue weighted by atomic mass is 35.5. The Bertz CT molecular complexity index is 3590. The fourth-order valence-corrected chi connectivity index (χ4v) is 10.2. The summed E-state index contributed by atoms with van der Waals surface area (Å²) in [6, 6.07) is 69.4. The second-order valence-corrected chi connectivity index (χ2v) is 17.3. The van der Waals surface area contributed by atoms with Crippen LogP contribution in [0.2, 0.25) is 5.28 Å². The average molecular weight is 827 g/mol. The molecule has 9 aromatic carbocycles. The van der Waals surface area contributed by atoms with E-state index in [1.807, 2.05) is 30.3 Å². The minimum absolute atomic E-state index is 0.162. The van der Waals surface area contributed by atoms with Gasteiger partial charge in [0.05, 0.1) is 5.52 Å². The summed E-state index contributed by atoms with van der Waals surface area (Å²) in [7, 11) is 0. The number of hydrogen-bond donors (Lipinski definition) is 1. The normalized spacial score (nSPS) is 12.8. The predicted molar refractivity (Wildman–Crippen MR) is 262 cm³/mol. The van der Waals surface area contributed by atoms with Crippen molar-refractivity contribution in [1.82, 2.24) is 19.9 Å². The number of aromatic amines is 1. The third-order valence-corrected chi connectivity index (χ3v) is 13.2. The lowest BCUT2D eigenvalue weighted by Gasteiger charge is -2.25. The number of aromatic nitrogens is 4. The summed E-state index contributed by atoms with van der Waals surface area (Å²) in [6.07, 6.45) is 0. The molecule has 2 heterocycles. The van der Waals surface area contributed by atoms with Crippen molar-refractivity contribution in [3.8, 4) is 78.4 Å². The van der Waals surface area contributed by atoms with Crippen LogP contribution in [0.1, 0.15) is 25.0 Å². The average Bonchev–Trinajstić information content (AvgIpc) is 3.84. The molecule has 0 bridgehead atoms. The zero-order valence-corrected chi connectivity index (χ0v) is 35.5. The predicted octanol–water partition coefficient (Wildman–Crippen LogP) is 15.6. The van der Waals surface area contributed by atoms with E-state index in [9.17, 15) is 0 Å². The summed E-state index contributed by atoms with van der Waals surface area (Å²) in [5, 5.41) is 5.21. The highest BCUT2D eigenvalue weighted by Crippen LogP contribution is 2.55. The van der Waals surface area contributed by atoms with Crippen LogP contribution in [0.4, 0.5) is 0 Å². The molecule has 1 aliphatic rings. The molecule has 12 rings (SSSR count). The minimum atomic E-state index is -0.228. The SMILES string of the molecule is CC1(C)c2cccc(-c3cccc4c3[nH]c3ccc5ccccc5c34)c2-c2cccc(-c3cccc(-c4ccc(-c5nc(Cl)nc(-c6ccc(-c7ccccc7)cc6)n5)cc4)c3)c21. The molecule has 2 aromatic heterocycles. The molecule has 1 aliphatic carbocycles. The van der Waals surface area contributed by atoms with Crippen LogP contribution < -0.4 is 0 Å². The molecule has 63 heavy (non-hydrogen) atoms. The lowest BCUT2D eigenvalue weighted by atomic mass is 9.78. The van der Waals surface area contributed by atoms with Crippen LogP contribution in [0.5, 0.6) is 0 Å². The number of hydrogen-bond acceptors (Lipinski definition) is 3. The van der Waals surface area contributed by atoms with Gasteiger partial charge in [0.15, 0.2) is 11.6 Å². The maximum atomic E-state index is 6.50. The summed E-state index contributed by atoms with van der Waals surface area (Å²) >= 11 is 6.50. The summed E-state index contributed by atoms with van der Waals surface area (Å²) < 4.78 is 0. The molecule has 298 valence electrons. The molecule has 0 fully saturated rings. The number of nitrogens with zero attached hydrogens (tertiary/aromatic N) is 3. The van der Waals surface area contributed by atoms with E-state index >= 15 is 0 Å². The number of para-hydroxylation sites is 1. The molecule has 0 unspecified atom stereocenters. The Morgan fingerprint density at radius 2 is 0.984 bits per heavy atom. The molecule has 4 nitrogen and oxygen atoms in total. The second kappa shape index (κ2) is 14.5. The van der Waals surface area contributed by atoms with Crippen molar-refractivity contribution in [2.24, 2.45) is 0 Å². The van der Waals surface area contributed by atoms with Gasteiger partial charge in [0.25, 0.3) is 0 Å². The Morgan fingerprint density at radius 3 is 1.76 bits per heavy atom. The van der Waals surface area contributed by atoms with Crippen molar-refractivity contribution >= 4 is 44.2 Å². The molecule has 1 N–H and O–H groups in total. The van der Waals surface area contributed by atoms with Crippen molar-refractivity contribution in [3.63, 3.8) is 0 Å². The maximum absolute atomic E-state index is 6.50. The Hall–Kier alpha value is -7.66. The van der Waals surface area contributed by atoms with E-state index in [1.54, 1.807) is 0 Å². The van der Waals surface area contributed by atoms with Crippen LogP contribution in [-0.2, 0) is 5.41 Å². The van der Waals surface area contributed by atoms with Gasteiger partial charge in [0, 0.05) is 38.4 Å². The fourth-order valence-electron chi connectivity index (χ4n) is 10.0. The molecule has 0 radical (unpaired) electrons. The first-order chi connectivity index (χ1) is 30.9. The zero-order valence-electron chi connectivity index (χ0n) is 34.7. The lowest BCUT2D eigenvalue weighted by molar-refractivity contribution is 0.662. The maximum Gasteiger partial charge on any atom is 0.226 e. The van der Waals surface area contributed by atoms with Crippen LogP contribution in [0.3, 0.4) is 0 Å². The van der Waals surface area contributed by atoms with E-state index < -0.39 is 0 Å². The highest BCUT2D eigenvalue weighted by molar-refractivity contribution is 6.28. The van der Waals surface area contributed by atoms with Crippen molar-refractivity contribution < 1.29 is 0 Å². The number of halogens is 1. The van der Waals surface area contributed by atoms with Crippen molar-refractivity contribution in [2.45, 2.75) is 19.3 Å². The van der Waals surface area contributed by atoms with Gasteiger partial charge in [-0.2, -0.15) is 9.97 Å². The largest absolute Gasteiger partial charge is 0.354 e. The van der Waals surface area contributed by atoms with E-state index in [0.717, 1.165) is 38.9 Å². The quantitative estimate of drug-likeness (QED) is 0.182. The molecule has 0 spiro atoms. The second-order valence-electron chi connectivity index (χ2n) is 17.0. The molecule has 0 amide bonds. The van der Waals surface area contributed by atoms with Gasteiger partial charge in [-0.1, -0.05) is 196 Å². The van der Waals surface area contributed by atoms with Gasteiger partial charge in [0.2, 0.25) is 5.28 Å². The first-order valence-corrected chi connectivity index (χ1v) is 21.8. The van der Waals surface area contributed by atoms with Gasteiger partial charge in [-0.15, -0.1) is 0 Å². The van der Waals surface area contributed by atoms with Gasteiger partial charge in [-0.05, 0) is 95.7 Å². The van der Waals surface area contributed by atoms with E-state index in [4.69, 9.17) is 16.6 Å². The first-order valence-electron chi connectivity index (χ1n) is 21.4. The topological polar surface area (TPSA) is 54.5 Å². The Morgan fingerprint density at radius 1 is 0.429 bits per heavy atom. The third-order valence-electron chi connectivity index (χ3n) is 13.0. The molecule has 11 aromatic rings. The smallest absolute Gasteiger partial charge is 0.226 e. The number of rotatable bonds is 6. The van der Waals surface area contributed by atoms with Crippen molar-refractivity contribution in [2.75, 3.05) is 0 Å². The molecule has 5 heteroatoms. The standard InChI is InChI=1S/C58H39ClN4/c1-58(2)49-23-11-19-45(46-20-10-22-48-52-43-17-7-6-14-38(43)32-33-50(52)60-54(46)48)51(49)47-21-9-18-44(53(47)58)42-16-8-15-41(34-42)37-26-30-40(31-27-37)56-61-55(62-57(59)63-56)39-28-24-36(25-29-39)35-12-4-3-5-13-35/h3-34,60H,1-2H3.